The standard InChI is InChI=1S/C10H15N3O/c1-2-8(11-5-1)6-9-12-10(13-14-9)7-3-4-7/h7-8,11H,1-6H2/t8-/m0/s1. The van der Waals surface area contributed by atoms with Gasteiger partial charge in [0.1, 0.15) is 0 Å². The largest absolute Gasteiger partial charge is 0.339 e. The van der Waals surface area contributed by atoms with E-state index in [-0.39, 0.29) is 0 Å². The van der Waals surface area contributed by atoms with Crippen LogP contribution in [0.2, 0.25) is 0 Å². The first-order valence-corrected chi connectivity index (χ1v) is 5.47. The van der Waals surface area contributed by atoms with Crippen molar-refractivity contribution >= 4 is 0 Å². The Labute approximate surface area is 83.1 Å². The first-order chi connectivity index (χ1) is 6.92. The number of hydrogen-bond donors (Lipinski definition) is 1. The molecule has 1 saturated carbocycles. The van der Waals surface area contributed by atoms with Crippen molar-refractivity contribution < 1.29 is 4.52 Å². The van der Waals surface area contributed by atoms with Crippen LogP contribution >= 0.6 is 0 Å². The van der Waals surface area contributed by atoms with Crippen LogP contribution in [0.3, 0.4) is 0 Å². The van der Waals surface area contributed by atoms with E-state index in [4.69, 9.17) is 4.52 Å². The normalized spacial score (nSPS) is 27.0. The zero-order valence-electron chi connectivity index (χ0n) is 8.20. The van der Waals surface area contributed by atoms with Crippen molar-refractivity contribution in [2.24, 2.45) is 0 Å². The molecule has 0 unspecified atom stereocenters. The van der Waals surface area contributed by atoms with Crippen molar-refractivity contribution in [2.45, 2.75) is 44.1 Å². The number of aromatic nitrogens is 2. The zero-order chi connectivity index (χ0) is 9.38. The molecule has 3 rings (SSSR count). The van der Waals surface area contributed by atoms with Crippen molar-refractivity contribution in [3.8, 4) is 0 Å². The molecule has 4 nitrogen and oxygen atoms in total. The molecular formula is C10H15N3O. The van der Waals surface area contributed by atoms with E-state index in [1.54, 1.807) is 0 Å². The smallest absolute Gasteiger partial charge is 0.228 e. The maximum absolute atomic E-state index is 5.23. The summed E-state index contributed by atoms with van der Waals surface area (Å²) >= 11 is 0. The van der Waals surface area contributed by atoms with Crippen molar-refractivity contribution in [3.63, 3.8) is 0 Å². The second-order valence-corrected chi connectivity index (χ2v) is 4.32. The van der Waals surface area contributed by atoms with Crippen LogP contribution in [0.25, 0.3) is 0 Å². The Hall–Kier alpha value is -0.900. The molecule has 76 valence electrons. The summed E-state index contributed by atoms with van der Waals surface area (Å²) in [5.74, 6) is 2.34. The minimum atomic E-state index is 0.558. The summed E-state index contributed by atoms with van der Waals surface area (Å²) in [5, 5.41) is 7.44. The highest BCUT2D eigenvalue weighted by Crippen LogP contribution is 2.38. The highest BCUT2D eigenvalue weighted by atomic mass is 16.5. The summed E-state index contributed by atoms with van der Waals surface area (Å²) in [4.78, 5) is 4.42. The van der Waals surface area contributed by atoms with Gasteiger partial charge in [-0.05, 0) is 32.2 Å². The maximum Gasteiger partial charge on any atom is 0.228 e. The second-order valence-electron chi connectivity index (χ2n) is 4.32. The van der Waals surface area contributed by atoms with Crippen LogP contribution in [0.15, 0.2) is 4.52 Å². The highest BCUT2D eigenvalue weighted by molar-refractivity contribution is 5.04. The molecule has 0 amide bonds. The first-order valence-electron chi connectivity index (χ1n) is 5.47. The van der Waals surface area contributed by atoms with Gasteiger partial charge >= 0.3 is 0 Å². The van der Waals surface area contributed by atoms with Gasteiger partial charge in [0, 0.05) is 18.4 Å². The summed E-state index contributed by atoms with van der Waals surface area (Å²) in [6.45, 7) is 1.13. The Morgan fingerprint density at radius 2 is 2.29 bits per heavy atom. The number of nitrogens with zero attached hydrogens (tertiary/aromatic N) is 2. The fourth-order valence-corrected chi connectivity index (χ4v) is 2.00. The van der Waals surface area contributed by atoms with Crippen LogP contribution in [0.1, 0.15) is 43.3 Å². The summed E-state index contributed by atoms with van der Waals surface area (Å²) in [7, 11) is 0. The third kappa shape index (κ3) is 1.66. The lowest BCUT2D eigenvalue weighted by molar-refractivity contribution is 0.360. The molecule has 1 aromatic heterocycles. The van der Waals surface area contributed by atoms with Gasteiger partial charge in [-0.1, -0.05) is 5.16 Å². The molecule has 1 aliphatic carbocycles. The van der Waals surface area contributed by atoms with E-state index >= 15 is 0 Å². The Morgan fingerprint density at radius 1 is 1.36 bits per heavy atom. The molecule has 2 aliphatic rings. The number of rotatable bonds is 3. The fourth-order valence-electron chi connectivity index (χ4n) is 2.00. The topological polar surface area (TPSA) is 51.0 Å². The van der Waals surface area contributed by atoms with Gasteiger partial charge in [0.15, 0.2) is 5.82 Å². The van der Waals surface area contributed by atoms with Crippen LogP contribution < -0.4 is 5.32 Å². The molecule has 0 spiro atoms. The number of hydrogen-bond acceptors (Lipinski definition) is 4. The Morgan fingerprint density at radius 3 is 3.00 bits per heavy atom. The molecule has 2 fully saturated rings. The molecule has 1 aromatic rings. The first kappa shape index (κ1) is 8.41. The van der Waals surface area contributed by atoms with Crippen LogP contribution in [-0.2, 0) is 6.42 Å². The van der Waals surface area contributed by atoms with E-state index in [0.29, 0.717) is 12.0 Å². The van der Waals surface area contributed by atoms with E-state index in [9.17, 15) is 0 Å². The lowest BCUT2D eigenvalue weighted by atomic mass is 10.1. The lowest BCUT2D eigenvalue weighted by Gasteiger charge is -2.04. The molecule has 1 N–H and O–H groups in total. The molecule has 1 aliphatic heterocycles. The van der Waals surface area contributed by atoms with Crippen LogP contribution in [-0.4, -0.2) is 22.7 Å². The molecule has 0 aromatic carbocycles. The van der Waals surface area contributed by atoms with Crippen LogP contribution in [0, 0.1) is 0 Å². The fraction of sp³-hybridized carbons (Fsp3) is 0.800. The second kappa shape index (κ2) is 3.35. The lowest BCUT2D eigenvalue weighted by Crippen LogP contribution is -2.23. The minimum Gasteiger partial charge on any atom is -0.339 e. The van der Waals surface area contributed by atoms with Gasteiger partial charge in [-0.3, -0.25) is 0 Å². The molecule has 1 saturated heterocycles. The molecule has 1 atom stereocenters. The minimum absolute atomic E-state index is 0.558. The predicted molar refractivity (Wildman–Crippen MR) is 51.0 cm³/mol. The van der Waals surface area contributed by atoms with Gasteiger partial charge in [0.25, 0.3) is 0 Å². The van der Waals surface area contributed by atoms with Gasteiger partial charge in [-0.2, -0.15) is 4.98 Å². The average molecular weight is 193 g/mol. The Kier molecular flexibility index (Phi) is 2.01. The van der Waals surface area contributed by atoms with E-state index < -0.39 is 0 Å². The van der Waals surface area contributed by atoms with E-state index in [0.717, 1.165) is 24.7 Å². The van der Waals surface area contributed by atoms with E-state index in [1.807, 2.05) is 0 Å². The van der Waals surface area contributed by atoms with Crippen LogP contribution in [0.4, 0.5) is 0 Å². The highest BCUT2D eigenvalue weighted by Gasteiger charge is 2.29. The molecule has 0 bridgehead atoms. The molecule has 2 heterocycles. The SMILES string of the molecule is C1CN[C@H](Cc2nc(C3CC3)no2)C1. The molecular weight excluding hydrogens is 178 g/mol. The van der Waals surface area contributed by atoms with E-state index in [2.05, 4.69) is 15.5 Å². The Bertz CT molecular complexity index is 313. The van der Waals surface area contributed by atoms with Crippen molar-refractivity contribution in [1.29, 1.82) is 0 Å². The van der Waals surface area contributed by atoms with Crippen LogP contribution in [0.5, 0.6) is 0 Å². The molecule has 14 heavy (non-hydrogen) atoms. The van der Waals surface area contributed by atoms with Crippen molar-refractivity contribution in [1.82, 2.24) is 15.5 Å². The van der Waals surface area contributed by atoms with Crippen molar-refractivity contribution in [2.75, 3.05) is 6.54 Å². The van der Waals surface area contributed by atoms with Crippen molar-refractivity contribution in [3.05, 3.63) is 11.7 Å². The third-order valence-corrected chi connectivity index (χ3v) is 3.01. The summed E-state index contributed by atoms with van der Waals surface area (Å²) in [6.07, 6.45) is 5.89. The van der Waals surface area contributed by atoms with Gasteiger partial charge in [-0.15, -0.1) is 0 Å². The van der Waals surface area contributed by atoms with Gasteiger partial charge < -0.3 is 9.84 Å². The summed E-state index contributed by atoms with van der Waals surface area (Å²) in [6, 6.07) is 0.558. The molecule has 0 radical (unpaired) electrons. The van der Waals surface area contributed by atoms with Gasteiger partial charge in [0.2, 0.25) is 5.89 Å². The Balaban J connectivity index is 1.64. The van der Waals surface area contributed by atoms with Gasteiger partial charge in [-0.25, -0.2) is 0 Å². The van der Waals surface area contributed by atoms with E-state index in [1.165, 1.54) is 25.7 Å². The average Bonchev–Trinajstić information content (AvgIpc) is 2.75. The predicted octanol–water partition coefficient (Wildman–Crippen LogP) is 1.24. The maximum atomic E-state index is 5.23. The quantitative estimate of drug-likeness (QED) is 0.784. The zero-order valence-corrected chi connectivity index (χ0v) is 8.20. The number of nitrogens with one attached hydrogen (secondary N) is 1. The monoisotopic (exact) mass is 193 g/mol. The van der Waals surface area contributed by atoms with Gasteiger partial charge in [0.05, 0.1) is 0 Å². The summed E-state index contributed by atoms with van der Waals surface area (Å²) in [5.41, 5.74) is 0. The third-order valence-electron chi connectivity index (χ3n) is 3.01. The summed E-state index contributed by atoms with van der Waals surface area (Å²) < 4.78 is 5.23. The molecule has 4 heteroatoms.